The van der Waals surface area contributed by atoms with Crippen LogP contribution < -0.4 is 14.2 Å². The summed E-state index contributed by atoms with van der Waals surface area (Å²) < 4.78 is 16.7. The van der Waals surface area contributed by atoms with Gasteiger partial charge in [-0.2, -0.15) is 0 Å². The number of carbonyl (C=O) groups excluding carboxylic acids is 3. The minimum absolute atomic E-state index is 0.200. The highest BCUT2D eigenvalue weighted by Gasteiger charge is 2.24. The molecule has 6 nitrogen and oxygen atoms in total. The standard InChI is InChI=1S/C32H44O6/c1-21(2)12-10-14-23(5)16-18-28-30(36-25(7)33)20-31(37-26(8)34)29(32(28)38-27(9)35)19-17-24(6)15-11-13-22(3)4/h12-13,16-17,20H,10-11,14-15,18-19H2,1-9H3/b23-16+,24-17+. The number of benzene rings is 1. The molecule has 0 radical (unpaired) electrons. The molecule has 0 heterocycles. The predicted octanol–water partition coefficient (Wildman–Crippen LogP) is 7.93. The molecule has 0 amide bonds. The summed E-state index contributed by atoms with van der Waals surface area (Å²) in [6, 6.07) is 1.54. The lowest BCUT2D eigenvalue weighted by atomic mass is 9.98. The molecule has 0 N–H and O–H groups in total. The van der Waals surface area contributed by atoms with Gasteiger partial charge in [-0.15, -0.1) is 0 Å². The minimum Gasteiger partial charge on any atom is -0.426 e. The van der Waals surface area contributed by atoms with Crippen LogP contribution >= 0.6 is 0 Å². The van der Waals surface area contributed by atoms with Gasteiger partial charge in [-0.3, -0.25) is 14.4 Å². The third-order valence-electron chi connectivity index (χ3n) is 5.65. The number of hydrogen-bond donors (Lipinski definition) is 0. The average Bonchev–Trinajstić information content (AvgIpc) is 2.76. The fourth-order valence-electron chi connectivity index (χ4n) is 3.78. The van der Waals surface area contributed by atoms with Crippen molar-refractivity contribution >= 4 is 17.9 Å². The largest absolute Gasteiger partial charge is 0.426 e. The summed E-state index contributed by atoms with van der Waals surface area (Å²) in [4.78, 5) is 36.1. The third kappa shape index (κ3) is 12.7. The Morgan fingerprint density at radius 3 is 1.26 bits per heavy atom. The van der Waals surface area contributed by atoms with E-state index in [0.717, 1.165) is 36.8 Å². The predicted molar refractivity (Wildman–Crippen MR) is 153 cm³/mol. The Morgan fingerprint density at radius 2 is 0.947 bits per heavy atom. The van der Waals surface area contributed by atoms with Gasteiger partial charge in [0, 0.05) is 38.0 Å². The molecule has 0 saturated heterocycles. The van der Waals surface area contributed by atoms with Gasteiger partial charge in [-0.05, 0) is 80.1 Å². The number of allylic oxidation sites excluding steroid dienone is 8. The van der Waals surface area contributed by atoms with Crippen molar-refractivity contribution in [1.29, 1.82) is 0 Å². The van der Waals surface area contributed by atoms with E-state index in [0.29, 0.717) is 24.0 Å². The molecule has 1 aromatic carbocycles. The lowest BCUT2D eigenvalue weighted by Crippen LogP contribution is -2.13. The molecular formula is C32H44O6. The van der Waals surface area contributed by atoms with Gasteiger partial charge in [0.05, 0.1) is 0 Å². The van der Waals surface area contributed by atoms with Gasteiger partial charge in [0.15, 0.2) is 0 Å². The van der Waals surface area contributed by atoms with E-state index in [2.05, 4.69) is 39.8 Å². The number of esters is 3. The van der Waals surface area contributed by atoms with Gasteiger partial charge in [0.2, 0.25) is 0 Å². The van der Waals surface area contributed by atoms with Crippen LogP contribution in [-0.4, -0.2) is 17.9 Å². The molecule has 0 aliphatic rings. The molecule has 0 atom stereocenters. The van der Waals surface area contributed by atoms with Gasteiger partial charge < -0.3 is 14.2 Å². The van der Waals surface area contributed by atoms with Crippen LogP contribution in [0.3, 0.4) is 0 Å². The fraction of sp³-hybridized carbons (Fsp3) is 0.469. The van der Waals surface area contributed by atoms with Crippen molar-refractivity contribution in [3.63, 3.8) is 0 Å². The van der Waals surface area contributed by atoms with Crippen molar-refractivity contribution in [1.82, 2.24) is 0 Å². The molecule has 1 rings (SSSR count). The van der Waals surface area contributed by atoms with Gasteiger partial charge in [0.1, 0.15) is 17.2 Å². The van der Waals surface area contributed by atoms with Crippen LogP contribution in [0, 0.1) is 0 Å². The first-order chi connectivity index (χ1) is 17.8. The zero-order valence-corrected chi connectivity index (χ0v) is 24.6. The van der Waals surface area contributed by atoms with Crippen molar-refractivity contribution in [2.45, 2.75) is 101 Å². The van der Waals surface area contributed by atoms with Crippen LogP contribution in [0.4, 0.5) is 0 Å². The molecular weight excluding hydrogens is 480 g/mol. The molecule has 208 valence electrons. The van der Waals surface area contributed by atoms with E-state index in [1.165, 1.54) is 31.9 Å². The first kappa shape index (κ1) is 32.6. The van der Waals surface area contributed by atoms with Gasteiger partial charge in [0.25, 0.3) is 0 Å². The van der Waals surface area contributed by atoms with Crippen molar-refractivity contribution in [3.8, 4) is 17.2 Å². The monoisotopic (exact) mass is 524 g/mol. The first-order valence-corrected chi connectivity index (χ1v) is 13.1. The first-order valence-electron chi connectivity index (χ1n) is 13.1. The molecule has 1 aromatic rings. The van der Waals surface area contributed by atoms with Crippen LogP contribution in [0.5, 0.6) is 17.2 Å². The Morgan fingerprint density at radius 1 is 0.579 bits per heavy atom. The van der Waals surface area contributed by atoms with Crippen molar-refractivity contribution < 1.29 is 28.6 Å². The fourth-order valence-corrected chi connectivity index (χ4v) is 3.78. The Kier molecular flexibility index (Phi) is 14.1. The van der Waals surface area contributed by atoms with E-state index in [4.69, 9.17) is 14.2 Å². The zero-order chi connectivity index (χ0) is 28.8. The minimum atomic E-state index is -0.527. The van der Waals surface area contributed by atoms with E-state index < -0.39 is 17.9 Å². The Balaban J connectivity index is 3.65. The van der Waals surface area contributed by atoms with E-state index in [1.54, 1.807) is 6.07 Å². The lowest BCUT2D eigenvalue weighted by molar-refractivity contribution is -0.132. The second-order valence-corrected chi connectivity index (χ2v) is 10.1. The molecule has 38 heavy (non-hydrogen) atoms. The van der Waals surface area contributed by atoms with Crippen molar-refractivity contribution in [3.05, 3.63) is 63.8 Å². The van der Waals surface area contributed by atoms with Crippen LogP contribution in [0.1, 0.15) is 99.1 Å². The molecule has 0 saturated carbocycles. The molecule has 6 heteroatoms. The van der Waals surface area contributed by atoms with Gasteiger partial charge >= 0.3 is 17.9 Å². The maximum absolute atomic E-state index is 12.2. The number of rotatable bonds is 13. The number of carbonyl (C=O) groups is 3. The number of ether oxygens (including phenoxy) is 3. The maximum Gasteiger partial charge on any atom is 0.308 e. The van der Waals surface area contributed by atoms with Gasteiger partial charge in [-0.25, -0.2) is 0 Å². The van der Waals surface area contributed by atoms with Crippen molar-refractivity contribution in [2.75, 3.05) is 0 Å². The topological polar surface area (TPSA) is 78.9 Å². The Labute approximate surface area is 228 Å². The normalized spacial score (nSPS) is 11.5. The smallest absolute Gasteiger partial charge is 0.308 e. The molecule has 0 aromatic heterocycles. The lowest BCUT2D eigenvalue weighted by Gasteiger charge is -2.20. The second kappa shape index (κ2) is 16.4. The molecule has 0 aliphatic heterocycles. The van der Waals surface area contributed by atoms with Gasteiger partial charge in [-0.1, -0.05) is 46.6 Å². The molecule has 0 spiro atoms. The summed E-state index contributed by atoms with van der Waals surface area (Å²) >= 11 is 0. The molecule has 0 fully saturated rings. The summed E-state index contributed by atoms with van der Waals surface area (Å²) in [5.74, 6) is -0.914. The highest BCUT2D eigenvalue weighted by atomic mass is 16.6. The summed E-state index contributed by atoms with van der Waals surface area (Å²) in [6.07, 6.45) is 12.8. The highest BCUT2D eigenvalue weighted by Crippen LogP contribution is 2.41. The summed E-state index contributed by atoms with van der Waals surface area (Å²) in [6.45, 7) is 16.3. The van der Waals surface area contributed by atoms with Crippen LogP contribution in [-0.2, 0) is 27.2 Å². The average molecular weight is 525 g/mol. The quantitative estimate of drug-likeness (QED) is 0.148. The summed E-state index contributed by atoms with van der Waals surface area (Å²) in [5, 5.41) is 0. The maximum atomic E-state index is 12.2. The highest BCUT2D eigenvalue weighted by molar-refractivity contribution is 5.77. The van der Waals surface area contributed by atoms with Crippen molar-refractivity contribution in [2.24, 2.45) is 0 Å². The summed E-state index contributed by atoms with van der Waals surface area (Å²) in [5.41, 5.74) is 5.96. The van der Waals surface area contributed by atoms with E-state index >= 15 is 0 Å². The molecule has 0 bridgehead atoms. The second-order valence-electron chi connectivity index (χ2n) is 10.1. The Bertz CT molecular complexity index is 1040. The third-order valence-corrected chi connectivity index (χ3v) is 5.65. The van der Waals surface area contributed by atoms with Crippen LogP contribution in [0.15, 0.2) is 52.7 Å². The zero-order valence-electron chi connectivity index (χ0n) is 24.6. The van der Waals surface area contributed by atoms with E-state index in [-0.39, 0.29) is 17.2 Å². The number of hydrogen-bond acceptors (Lipinski definition) is 6. The van der Waals surface area contributed by atoms with E-state index in [1.807, 2.05) is 26.0 Å². The SMILES string of the molecule is CC(=O)Oc1cc(OC(C)=O)c(C/C=C(\C)CCC=C(C)C)c(OC(C)=O)c1C/C=C(\C)CCC=C(C)C. The Hall–Kier alpha value is -3.41. The van der Waals surface area contributed by atoms with Crippen LogP contribution in [0.25, 0.3) is 0 Å². The summed E-state index contributed by atoms with van der Waals surface area (Å²) in [7, 11) is 0. The molecule has 0 unspecified atom stereocenters. The van der Waals surface area contributed by atoms with E-state index in [9.17, 15) is 14.4 Å². The van der Waals surface area contributed by atoms with Crippen LogP contribution in [0.2, 0.25) is 0 Å². The molecule has 0 aliphatic carbocycles.